The van der Waals surface area contributed by atoms with Crippen molar-refractivity contribution in [1.29, 1.82) is 5.26 Å². The third kappa shape index (κ3) is 4.59. The van der Waals surface area contributed by atoms with Gasteiger partial charge in [0.2, 0.25) is 0 Å². The standard InChI is InChI=1S/C21H20N4O2/c1-14(4-9-24-21(26)27)10-18-11-17(13-22)19-12-16(2-3-20(19)25-18)15-5-7-23-8-6-15/h2-3,5-8,11-12,14,24H,4,9-10H2,1H3,(H,26,27). The minimum atomic E-state index is -1.01. The van der Waals surface area contributed by atoms with E-state index in [1.54, 1.807) is 12.4 Å². The lowest BCUT2D eigenvalue weighted by atomic mass is 9.97. The van der Waals surface area contributed by atoms with Crippen LogP contribution in [-0.4, -0.2) is 27.7 Å². The number of nitrogens with one attached hydrogen (secondary N) is 1. The van der Waals surface area contributed by atoms with Gasteiger partial charge in [0.15, 0.2) is 0 Å². The highest BCUT2D eigenvalue weighted by atomic mass is 16.4. The van der Waals surface area contributed by atoms with Gasteiger partial charge in [-0.1, -0.05) is 13.0 Å². The SMILES string of the molecule is CC(CCNC(=O)O)Cc1cc(C#N)c2cc(-c3ccncc3)ccc2n1. The van der Waals surface area contributed by atoms with Gasteiger partial charge in [-0.15, -0.1) is 0 Å². The van der Waals surface area contributed by atoms with E-state index in [2.05, 4.69) is 16.4 Å². The van der Waals surface area contributed by atoms with Crippen molar-refractivity contribution >= 4 is 17.0 Å². The van der Waals surface area contributed by atoms with Gasteiger partial charge in [-0.2, -0.15) is 5.26 Å². The Kier molecular flexibility index (Phi) is 5.62. The summed E-state index contributed by atoms with van der Waals surface area (Å²) in [6, 6.07) is 13.9. The molecule has 1 atom stereocenters. The Morgan fingerprint density at radius 1 is 1.22 bits per heavy atom. The lowest BCUT2D eigenvalue weighted by Gasteiger charge is -2.12. The molecule has 0 aliphatic carbocycles. The number of nitrogens with zero attached hydrogens (tertiary/aromatic N) is 3. The summed E-state index contributed by atoms with van der Waals surface area (Å²) in [5.74, 6) is 0.254. The molecule has 2 N–H and O–H groups in total. The summed E-state index contributed by atoms with van der Waals surface area (Å²) < 4.78 is 0. The van der Waals surface area contributed by atoms with Crippen LogP contribution in [0.5, 0.6) is 0 Å². The van der Waals surface area contributed by atoms with E-state index in [0.29, 0.717) is 18.5 Å². The fourth-order valence-electron chi connectivity index (χ4n) is 3.09. The smallest absolute Gasteiger partial charge is 0.404 e. The molecular weight excluding hydrogens is 340 g/mol. The normalized spacial score (nSPS) is 11.7. The van der Waals surface area contributed by atoms with Crippen molar-refractivity contribution < 1.29 is 9.90 Å². The van der Waals surface area contributed by atoms with Gasteiger partial charge in [0.1, 0.15) is 0 Å². The van der Waals surface area contributed by atoms with Crippen LogP contribution in [0.15, 0.2) is 48.8 Å². The second-order valence-electron chi connectivity index (χ2n) is 6.57. The second kappa shape index (κ2) is 8.28. The van der Waals surface area contributed by atoms with E-state index in [4.69, 9.17) is 10.1 Å². The Bertz CT molecular complexity index is 996. The maximum absolute atomic E-state index is 10.5. The predicted octanol–water partition coefficient (Wildman–Crippen LogP) is 4.00. The molecule has 0 bridgehead atoms. The third-order valence-electron chi connectivity index (χ3n) is 4.47. The van der Waals surface area contributed by atoms with Crippen LogP contribution in [0.25, 0.3) is 22.0 Å². The number of carbonyl (C=O) groups is 1. The van der Waals surface area contributed by atoms with Crippen molar-refractivity contribution in [3.8, 4) is 17.2 Å². The summed E-state index contributed by atoms with van der Waals surface area (Å²) in [4.78, 5) is 19.3. The topological polar surface area (TPSA) is 98.9 Å². The first-order valence-electron chi connectivity index (χ1n) is 8.78. The summed E-state index contributed by atoms with van der Waals surface area (Å²) in [7, 11) is 0. The number of amides is 1. The molecule has 2 heterocycles. The summed E-state index contributed by atoms with van der Waals surface area (Å²) in [6.45, 7) is 2.46. The Balaban J connectivity index is 1.85. The molecule has 0 radical (unpaired) electrons. The number of hydrogen-bond acceptors (Lipinski definition) is 4. The molecule has 0 spiro atoms. The Morgan fingerprint density at radius 2 is 2.00 bits per heavy atom. The van der Waals surface area contributed by atoms with Gasteiger partial charge in [0, 0.05) is 30.0 Å². The zero-order valence-electron chi connectivity index (χ0n) is 15.0. The molecule has 0 fully saturated rings. The molecule has 1 unspecified atom stereocenters. The molecule has 0 saturated carbocycles. The second-order valence-corrected chi connectivity index (χ2v) is 6.57. The average Bonchev–Trinajstić information content (AvgIpc) is 2.67. The van der Waals surface area contributed by atoms with Crippen molar-refractivity contribution in [3.05, 3.63) is 60.0 Å². The molecule has 2 aromatic heterocycles. The molecular formula is C21H20N4O2. The minimum Gasteiger partial charge on any atom is -0.465 e. The molecule has 3 aromatic rings. The van der Waals surface area contributed by atoms with Crippen molar-refractivity contribution in [2.75, 3.05) is 6.54 Å². The van der Waals surface area contributed by atoms with E-state index in [-0.39, 0.29) is 5.92 Å². The maximum atomic E-state index is 10.5. The maximum Gasteiger partial charge on any atom is 0.404 e. The van der Waals surface area contributed by atoms with Gasteiger partial charge in [-0.25, -0.2) is 4.79 Å². The molecule has 0 aliphatic rings. The molecule has 6 nitrogen and oxygen atoms in total. The lowest BCUT2D eigenvalue weighted by molar-refractivity contribution is 0.193. The molecule has 0 aliphatic heterocycles. The van der Waals surface area contributed by atoms with E-state index in [1.807, 2.05) is 43.3 Å². The first-order valence-corrected chi connectivity index (χ1v) is 8.78. The van der Waals surface area contributed by atoms with Crippen LogP contribution < -0.4 is 5.32 Å². The third-order valence-corrected chi connectivity index (χ3v) is 4.47. The highest BCUT2D eigenvalue weighted by molar-refractivity contribution is 5.89. The van der Waals surface area contributed by atoms with Crippen molar-refractivity contribution in [2.24, 2.45) is 5.92 Å². The lowest BCUT2D eigenvalue weighted by Crippen LogP contribution is -2.23. The number of benzene rings is 1. The number of pyridine rings is 2. The largest absolute Gasteiger partial charge is 0.465 e. The monoisotopic (exact) mass is 360 g/mol. The molecule has 1 amide bonds. The van der Waals surface area contributed by atoms with Crippen molar-refractivity contribution in [1.82, 2.24) is 15.3 Å². The molecule has 0 saturated heterocycles. The van der Waals surface area contributed by atoms with E-state index >= 15 is 0 Å². The number of carboxylic acid groups (broad SMARTS) is 1. The Morgan fingerprint density at radius 3 is 2.70 bits per heavy atom. The van der Waals surface area contributed by atoms with Crippen LogP contribution in [0.1, 0.15) is 24.6 Å². The summed E-state index contributed by atoms with van der Waals surface area (Å²) in [5.41, 5.74) is 4.29. The van der Waals surface area contributed by atoms with Crippen LogP contribution in [0, 0.1) is 17.2 Å². The number of aromatic nitrogens is 2. The molecule has 136 valence electrons. The van der Waals surface area contributed by atoms with Gasteiger partial charge in [0.25, 0.3) is 0 Å². The van der Waals surface area contributed by atoms with Crippen LogP contribution >= 0.6 is 0 Å². The van der Waals surface area contributed by atoms with Gasteiger partial charge < -0.3 is 10.4 Å². The molecule has 27 heavy (non-hydrogen) atoms. The minimum absolute atomic E-state index is 0.254. The average molecular weight is 360 g/mol. The van der Waals surface area contributed by atoms with Crippen LogP contribution in [0.4, 0.5) is 4.79 Å². The zero-order valence-corrected chi connectivity index (χ0v) is 15.0. The van der Waals surface area contributed by atoms with Gasteiger partial charge >= 0.3 is 6.09 Å². The van der Waals surface area contributed by atoms with E-state index in [9.17, 15) is 10.1 Å². The van der Waals surface area contributed by atoms with Gasteiger partial charge in [-0.3, -0.25) is 9.97 Å². The van der Waals surface area contributed by atoms with Gasteiger partial charge in [0.05, 0.1) is 17.1 Å². The van der Waals surface area contributed by atoms with E-state index in [1.165, 1.54) is 0 Å². The van der Waals surface area contributed by atoms with Crippen molar-refractivity contribution in [3.63, 3.8) is 0 Å². The fraction of sp³-hybridized carbons (Fsp3) is 0.238. The van der Waals surface area contributed by atoms with E-state index in [0.717, 1.165) is 34.1 Å². The molecule has 1 aromatic carbocycles. The van der Waals surface area contributed by atoms with E-state index < -0.39 is 6.09 Å². The number of hydrogen-bond donors (Lipinski definition) is 2. The number of nitriles is 1. The van der Waals surface area contributed by atoms with Crippen molar-refractivity contribution in [2.45, 2.75) is 19.8 Å². The molecule has 6 heteroatoms. The summed E-state index contributed by atoms with van der Waals surface area (Å²) in [6.07, 6.45) is 3.88. The van der Waals surface area contributed by atoms with Crippen LogP contribution in [0.3, 0.4) is 0 Å². The summed E-state index contributed by atoms with van der Waals surface area (Å²) in [5, 5.41) is 21.4. The Hall–Kier alpha value is -3.46. The predicted molar refractivity (Wildman–Crippen MR) is 103 cm³/mol. The molecule has 3 rings (SSSR count). The first kappa shape index (κ1) is 18.3. The van der Waals surface area contributed by atoms with Crippen LogP contribution in [0.2, 0.25) is 0 Å². The number of rotatable bonds is 6. The first-order chi connectivity index (χ1) is 13.1. The highest BCUT2D eigenvalue weighted by Crippen LogP contribution is 2.26. The summed E-state index contributed by atoms with van der Waals surface area (Å²) >= 11 is 0. The highest BCUT2D eigenvalue weighted by Gasteiger charge is 2.11. The zero-order chi connectivity index (χ0) is 19.2. The fourth-order valence-corrected chi connectivity index (χ4v) is 3.09. The number of fused-ring (bicyclic) bond motifs is 1. The van der Waals surface area contributed by atoms with Gasteiger partial charge in [-0.05, 0) is 60.2 Å². The van der Waals surface area contributed by atoms with Crippen LogP contribution in [-0.2, 0) is 6.42 Å². The Labute approximate surface area is 157 Å². The quantitative estimate of drug-likeness (QED) is 0.692.